The topological polar surface area (TPSA) is 86.5 Å². The van der Waals surface area contributed by atoms with Crippen molar-refractivity contribution in [3.63, 3.8) is 0 Å². The molecule has 0 spiro atoms. The normalized spacial score (nSPS) is 15.2. The summed E-state index contributed by atoms with van der Waals surface area (Å²) in [6, 6.07) is 12.5. The number of benzene rings is 2. The van der Waals surface area contributed by atoms with Crippen LogP contribution in [0.15, 0.2) is 42.5 Å². The monoisotopic (exact) mass is 405 g/mol. The van der Waals surface area contributed by atoms with Crippen LogP contribution in [0.3, 0.4) is 0 Å². The minimum Gasteiger partial charge on any atom is -0.490 e. The van der Waals surface area contributed by atoms with Crippen LogP contribution in [0.1, 0.15) is 22.3 Å². The van der Waals surface area contributed by atoms with E-state index in [9.17, 15) is 9.18 Å². The second-order valence-electron chi connectivity index (χ2n) is 7.35. The summed E-state index contributed by atoms with van der Waals surface area (Å²) >= 11 is 0. The van der Waals surface area contributed by atoms with E-state index in [0.717, 1.165) is 24.0 Å². The molecule has 0 unspecified atom stereocenters. The van der Waals surface area contributed by atoms with E-state index >= 15 is 0 Å². The third kappa shape index (κ3) is 3.22. The number of hydrogen-bond acceptors (Lipinski definition) is 5. The lowest BCUT2D eigenvalue weighted by Gasteiger charge is -2.18. The van der Waals surface area contributed by atoms with Crippen LogP contribution in [-0.2, 0) is 6.42 Å². The van der Waals surface area contributed by atoms with E-state index in [1.807, 2.05) is 12.1 Å². The number of anilines is 1. The van der Waals surface area contributed by atoms with E-state index < -0.39 is 5.95 Å². The zero-order valence-corrected chi connectivity index (χ0v) is 16.2. The van der Waals surface area contributed by atoms with Gasteiger partial charge in [0.05, 0.1) is 13.2 Å². The lowest BCUT2D eigenvalue weighted by molar-refractivity contribution is 0.0946. The minimum absolute atomic E-state index is 0.0825. The summed E-state index contributed by atoms with van der Waals surface area (Å²) in [7, 11) is 0. The van der Waals surface area contributed by atoms with Gasteiger partial charge in [0.1, 0.15) is 5.82 Å². The van der Waals surface area contributed by atoms with Gasteiger partial charge in [0.15, 0.2) is 11.5 Å². The molecular formula is C23H20FN3O3. The van der Waals surface area contributed by atoms with Gasteiger partial charge in [-0.2, -0.15) is 4.39 Å². The number of nitrogens with one attached hydrogen (secondary N) is 1. The molecule has 152 valence electrons. The van der Waals surface area contributed by atoms with Crippen molar-refractivity contribution in [1.29, 1.82) is 0 Å². The maximum absolute atomic E-state index is 14.8. The molecule has 3 N–H and O–H groups in total. The molecule has 2 aliphatic rings. The Morgan fingerprint density at radius 1 is 0.933 bits per heavy atom. The Morgan fingerprint density at radius 3 is 2.57 bits per heavy atom. The van der Waals surface area contributed by atoms with Crippen LogP contribution < -0.4 is 20.5 Å². The molecule has 0 saturated carbocycles. The van der Waals surface area contributed by atoms with Gasteiger partial charge in [-0.15, -0.1) is 0 Å². The summed E-state index contributed by atoms with van der Waals surface area (Å²) in [6.45, 7) is 1.73. The Hall–Kier alpha value is -3.61. The molecule has 2 aromatic carbocycles. The lowest BCUT2D eigenvalue weighted by Crippen LogP contribution is -2.31. The van der Waals surface area contributed by atoms with Crippen LogP contribution in [0.5, 0.6) is 11.5 Å². The molecule has 0 saturated heterocycles. The number of nitrogens with two attached hydrogens (primary N) is 1. The molecule has 2 aliphatic heterocycles. The number of nitrogens with zero attached hydrogens (tertiary/aromatic N) is 1. The number of aromatic nitrogens is 1. The SMILES string of the molecule is Nc1nc(F)c(-c2ccc3c(c2)OCCCO3)cc1-c1ccc2c(c1)CCNC2=O. The number of amides is 1. The van der Waals surface area contributed by atoms with Crippen molar-refractivity contribution < 1.29 is 18.7 Å². The molecule has 5 rings (SSSR count). The molecule has 1 amide bonds. The van der Waals surface area contributed by atoms with Gasteiger partial charge >= 0.3 is 0 Å². The molecule has 0 atom stereocenters. The minimum atomic E-state index is -0.650. The first kappa shape index (κ1) is 18.4. The molecule has 3 aromatic rings. The first-order chi connectivity index (χ1) is 14.6. The van der Waals surface area contributed by atoms with E-state index in [1.165, 1.54) is 0 Å². The Balaban J connectivity index is 1.59. The van der Waals surface area contributed by atoms with E-state index in [1.54, 1.807) is 30.3 Å². The van der Waals surface area contributed by atoms with Crippen LogP contribution >= 0.6 is 0 Å². The number of ether oxygens (including phenoxy) is 2. The second kappa shape index (κ2) is 7.33. The quantitative estimate of drug-likeness (QED) is 0.637. The highest BCUT2D eigenvalue weighted by Crippen LogP contribution is 2.37. The molecule has 0 fully saturated rings. The van der Waals surface area contributed by atoms with E-state index in [2.05, 4.69) is 10.3 Å². The predicted molar refractivity (Wildman–Crippen MR) is 111 cm³/mol. The highest BCUT2D eigenvalue weighted by molar-refractivity contribution is 5.97. The van der Waals surface area contributed by atoms with Gasteiger partial charge in [-0.1, -0.05) is 18.2 Å². The number of carbonyl (C=O) groups excluding carboxylic acids is 1. The highest BCUT2D eigenvalue weighted by atomic mass is 19.1. The summed E-state index contributed by atoms with van der Waals surface area (Å²) in [5.74, 6) is 0.602. The fourth-order valence-corrected chi connectivity index (χ4v) is 3.86. The molecule has 0 bridgehead atoms. The molecule has 30 heavy (non-hydrogen) atoms. The van der Waals surface area contributed by atoms with Gasteiger partial charge in [-0.05, 0) is 47.4 Å². The van der Waals surface area contributed by atoms with Crippen molar-refractivity contribution in [2.45, 2.75) is 12.8 Å². The molecular weight excluding hydrogens is 385 g/mol. The van der Waals surface area contributed by atoms with Crippen molar-refractivity contribution in [2.75, 3.05) is 25.5 Å². The van der Waals surface area contributed by atoms with Crippen molar-refractivity contribution in [2.24, 2.45) is 0 Å². The van der Waals surface area contributed by atoms with Gasteiger partial charge in [0.2, 0.25) is 5.95 Å². The number of hydrogen-bond donors (Lipinski definition) is 2. The smallest absolute Gasteiger partial charge is 0.251 e. The number of carbonyl (C=O) groups is 1. The summed E-state index contributed by atoms with van der Waals surface area (Å²) in [6.07, 6.45) is 1.53. The Bertz CT molecular complexity index is 1160. The van der Waals surface area contributed by atoms with Crippen LogP contribution in [0.2, 0.25) is 0 Å². The standard InChI is InChI=1S/C23H20FN3O3/c24-21-17(14-3-5-19-20(11-14)30-9-1-8-29-19)12-18(22(25)27-21)13-2-4-16-15(10-13)6-7-26-23(16)28/h2-5,10-12H,1,6-9H2,(H2,25,27)(H,26,28). The summed E-state index contributed by atoms with van der Waals surface area (Å²) in [5, 5.41) is 2.83. The van der Waals surface area contributed by atoms with Crippen molar-refractivity contribution in [3.05, 3.63) is 59.5 Å². The maximum Gasteiger partial charge on any atom is 0.251 e. The number of nitrogen functional groups attached to an aromatic ring is 1. The zero-order chi connectivity index (χ0) is 20.7. The predicted octanol–water partition coefficient (Wildman–Crippen LogP) is 3.58. The first-order valence-corrected chi connectivity index (χ1v) is 9.88. The average molecular weight is 405 g/mol. The van der Waals surface area contributed by atoms with Crippen molar-refractivity contribution in [3.8, 4) is 33.8 Å². The highest BCUT2D eigenvalue weighted by Gasteiger charge is 2.20. The van der Waals surface area contributed by atoms with Crippen LogP contribution in [0, 0.1) is 5.95 Å². The molecule has 0 aliphatic carbocycles. The number of pyridine rings is 1. The first-order valence-electron chi connectivity index (χ1n) is 9.88. The van der Waals surface area contributed by atoms with Gasteiger partial charge < -0.3 is 20.5 Å². The lowest BCUT2D eigenvalue weighted by atomic mass is 9.94. The van der Waals surface area contributed by atoms with E-state index in [-0.39, 0.29) is 11.7 Å². The molecule has 0 radical (unpaired) electrons. The summed E-state index contributed by atoms with van der Waals surface area (Å²) in [5.41, 5.74) is 10.0. The van der Waals surface area contributed by atoms with Gasteiger partial charge in [0, 0.05) is 29.7 Å². The number of rotatable bonds is 2. The fraction of sp³-hybridized carbons (Fsp3) is 0.217. The van der Waals surface area contributed by atoms with Crippen molar-refractivity contribution in [1.82, 2.24) is 10.3 Å². The fourth-order valence-electron chi connectivity index (χ4n) is 3.86. The molecule has 6 nitrogen and oxygen atoms in total. The Kier molecular flexibility index (Phi) is 4.50. The molecule has 3 heterocycles. The molecule has 7 heteroatoms. The van der Waals surface area contributed by atoms with Gasteiger partial charge in [-0.3, -0.25) is 4.79 Å². The third-order valence-electron chi connectivity index (χ3n) is 5.40. The second-order valence-corrected chi connectivity index (χ2v) is 7.35. The Morgan fingerprint density at radius 2 is 1.70 bits per heavy atom. The largest absolute Gasteiger partial charge is 0.490 e. The summed E-state index contributed by atoms with van der Waals surface area (Å²) in [4.78, 5) is 15.9. The number of halogens is 1. The van der Waals surface area contributed by atoms with Crippen LogP contribution in [-0.4, -0.2) is 30.6 Å². The van der Waals surface area contributed by atoms with Gasteiger partial charge in [0.25, 0.3) is 5.91 Å². The van der Waals surface area contributed by atoms with Crippen LogP contribution in [0.4, 0.5) is 10.2 Å². The molecule has 1 aromatic heterocycles. The maximum atomic E-state index is 14.8. The van der Waals surface area contributed by atoms with E-state index in [0.29, 0.717) is 53.5 Å². The third-order valence-corrected chi connectivity index (χ3v) is 5.40. The zero-order valence-electron chi connectivity index (χ0n) is 16.2. The van der Waals surface area contributed by atoms with E-state index in [4.69, 9.17) is 15.2 Å². The summed E-state index contributed by atoms with van der Waals surface area (Å²) < 4.78 is 26.1. The Labute approximate surface area is 172 Å². The van der Waals surface area contributed by atoms with Crippen LogP contribution in [0.25, 0.3) is 22.3 Å². The average Bonchev–Trinajstić information content (AvgIpc) is 2.99. The van der Waals surface area contributed by atoms with Gasteiger partial charge in [-0.25, -0.2) is 4.98 Å². The van der Waals surface area contributed by atoms with Crippen molar-refractivity contribution >= 4 is 11.7 Å². The number of fused-ring (bicyclic) bond motifs is 2.